The Balaban J connectivity index is 1.88. The first-order valence-electron chi connectivity index (χ1n) is 10.00. The zero-order chi connectivity index (χ0) is 17.3. The molecule has 2 aromatic carbocycles. The molecular weight excluding hydrogens is 304 g/mol. The third-order valence-corrected chi connectivity index (χ3v) is 5.58. The van der Waals surface area contributed by atoms with Crippen LogP contribution in [0.5, 0.6) is 0 Å². The molecule has 2 unspecified atom stereocenters. The first-order chi connectivity index (χ1) is 12.4. The van der Waals surface area contributed by atoms with Crippen molar-refractivity contribution in [1.29, 1.82) is 0 Å². The highest BCUT2D eigenvalue weighted by Crippen LogP contribution is 2.34. The molecule has 0 aromatic heterocycles. The molecule has 0 bridgehead atoms. The molecular formula is C24H30O. The molecule has 2 aromatic rings. The predicted molar refractivity (Wildman–Crippen MR) is 105 cm³/mol. The lowest BCUT2D eigenvalue weighted by Gasteiger charge is -2.24. The highest BCUT2D eigenvalue weighted by molar-refractivity contribution is 5.91. The molecule has 25 heavy (non-hydrogen) atoms. The van der Waals surface area contributed by atoms with E-state index in [2.05, 4.69) is 48.5 Å². The molecule has 1 nitrogen and oxygen atoms in total. The first kappa shape index (κ1) is 17.9. The van der Waals surface area contributed by atoms with E-state index >= 15 is 0 Å². The van der Waals surface area contributed by atoms with Crippen molar-refractivity contribution in [3.8, 4) is 0 Å². The van der Waals surface area contributed by atoms with Gasteiger partial charge in [-0.3, -0.25) is 4.79 Å². The Labute approximate surface area is 152 Å². The van der Waals surface area contributed by atoms with Gasteiger partial charge in [-0.05, 0) is 24.0 Å². The quantitative estimate of drug-likeness (QED) is 0.601. The van der Waals surface area contributed by atoms with Gasteiger partial charge in [-0.1, -0.05) is 106 Å². The fourth-order valence-corrected chi connectivity index (χ4v) is 4.14. The largest absolute Gasteiger partial charge is 0.298 e. The number of carbonyl (C=O) groups excluding carboxylic acids is 1. The Morgan fingerprint density at radius 2 is 0.880 bits per heavy atom. The van der Waals surface area contributed by atoms with Gasteiger partial charge < -0.3 is 0 Å². The molecule has 0 spiro atoms. The van der Waals surface area contributed by atoms with E-state index in [0.29, 0.717) is 5.78 Å². The molecule has 2 atom stereocenters. The van der Waals surface area contributed by atoms with Crippen molar-refractivity contribution in [3.05, 3.63) is 71.8 Å². The van der Waals surface area contributed by atoms with Crippen molar-refractivity contribution in [3.63, 3.8) is 0 Å². The van der Waals surface area contributed by atoms with Crippen LogP contribution in [0.1, 0.15) is 80.8 Å². The number of ketones is 1. The lowest BCUT2D eigenvalue weighted by atomic mass is 9.78. The molecule has 1 aliphatic rings. The minimum atomic E-state index is 0.0471. The van der Waals surface area contributed by atoms with Crippen LogP contribution in [-0.2, 0) is 4.79 Å². The van der Waals surface area contributed by atoms with E-state index in [-0.39, 0.29) is 11.8 Å². The van der Waals surface area contributed by atoms with Gasteiger partial charge in [-0.2, -0.15) is 0 Å². The number of benzene rings is 2. The second kappa shape index (κ2) is 9.56. The van der Waals surface area contributed by atoms with Gasteiger partial charge in [0.05, 0.1) is 0 Å². The molecule has 0 amide bonds. The van der Waals surface area contributed by atoms with Crippen LogP contribution in [-0.4, -0.2) is 5.78 Å². The van der Waals surface area contributed by atoms with E-state index in [1.54, 1.807) is 0 Å². The Morgan fingerprint density at radius 1 is 0.520 bits per heavy atom. The topological polar surface area (TPSA) is 17.1 Å². The molecule has 0 radical (unpaired) electrons. The second-order valence-corrected chi connectivity index (χ2v) is 7.38. The summed E-state index contributed by atoms with van der Waals surface area (Å²) in [6.07, 6.45) is 10.8. The maximum atomic E-state index is 13.6. The number of rotatable bonds is 2. The summed E-state index contributed by atoms with van der Waals surface area (Å²) >= 11 is 0. The lowest BCUT2D eigenvalue weighted by molar-refractivity contribution is -0.122. The van der Waals surface area contributed by atoms with E-state index in [1.165, 1.54) is 43.2 Å². The van der Waals surface area contributed by atoms with E-state index < -0.39 is 0 Å². The molecule has 1 aliphatic carbocycles. The van der Waals surface area contributed by atoms with E-state index in [1.807, 2.05) is 12.1 Å². The summed E-state index contributed by atoms with van der Waals surface area (Å²) in [6.45, 7) is 0. The Kier molecular flexibility index (Phi) is 6.85. The zero-order valence-corrected chi connectivity index (χ0v) is 15.2. The van der Waals surface area contributed by atoms with Gasteiger partial charge in [0, 0.05) is 11.8 Å². The van der Waals surface area contributed by atoms with Gasteiger partial charge in [0.15, 0.2) is 0 Å². The van der Waals surface area contributed by atoms with Gasteiger partial charge in [-0.25, -0.2) is 0 Å². The van der Waals surface area contributed by atoms with Crippen molar-refractivity contribution in [2.24, 2.45) is 0 Å². The van der Waals surface area contributed by atoms with Crippen LogP contribution >= 0.6 is 0 Å². The molecule has 0 saturated heterocycles. The molecule has 0 heterocycles. The molecule has 1 saturated carbocycles. The third kappa shape index (κ3) is 5.04. The molecule has 0 N–H and O–H groups in total. The van der Waals surface area contributed by atoms with Crippen molar-refractivity contribution in [2.75, 3.05) is 0 Å². The summed E-state index contributed by atoms with van der Waals surface area (Å²) in [6, 6.07) is 20.9. The predicted octanol–water partition coefficient (Wildman–Crippen LogP) is 6.65. The summed E-state index contributed by atoms with van der Waals surface area (Å²) < 4.78 is 0. The molecule has 1 fully saturated rings. The molecule has 132 valence electrons. The maximum Gasteiger partial charge on any atom is 0.147 e. The standard InChI is InChI=1S/C24H30O/c25-24-22(20-14-8-6-9-15-20)18-12-4-2-1-3-5-13-19-23(24)21-16-10-7-11-17-21/h6-11,14-17,22-23H,1-5,12-13,18-19H2. The van der Waals surface area contributed by atoms with Crippen molar-refractivity contribution in [1.82, 2.24) is 0 Å². The van der Waals surface area contributed by atoms with Crippen molar-refractivity contribution < 1.29 is 4.79 Å². The van der Waals surface area contributed by atoms with Gasteiger partial charge in [-0.15, -0.1) is 0 Å². The normalized spacial score (nSPS) is 23.4. The monoisotopic (exact) mass is 334 g/mol. The molecule has 1 heteroatoms. The average Bonchev–Trinajstić information content (AvgIpc) is 2.66. The first-order valence-corrected chi connectivity index (χ1v) is 10.00. The van der Waals surface area contributed by atoms with E-state index in [0.717, 1.165) is 25.7 Å². The Morgan fingerprint density at radius 3 is 1.28 bits per heavy atom. The van der Waals surface area contributed by atoms with Crippen LogP contribution < -0.4 is 0 Å². The number of Topliss-reactive ketones (excluding diaryl/α,β-unsaturated/α-hetero) is 1. The van der Waals surface area contributed by atoms with E-state index in [9.17, 15) is 4.79 Å². The van der Waals surface area contributed by atoms with Gasteiger partial charge in [0.2, 0.25) is 0 Å². The van der Waals surface area contributed by atoms with Gasteiger partial charge >= 0.3 is 0 Å². The van der Waals surface area contributed by atoms with Crippen molar-refractivity contribution >= 4 is 5.78 Å². The zero-order valence-electron chi connectivity index (χ0n) is 15.2. The smallest absolute Gasteiger partial charge is 0.147 e. The molecule has 0 aliphatic heterocycles. The summed E-state index contributed by atoms with van der Waals surface area (Å²) in [5, 5.41) is 0. The summed E-state index contributed by atoms with van der Waals surface area (Å²) in [5.74, 6) is 0.523. The highest BCUT2D eigenvalue weighted by Gasteiger charge is 2.28. The fourth-order valence-electron chi connectivity index (χ4n) is 4.14. The fraction of sp³-hybridized carbons (Fsp3) is 0.458. The van der Waals surface area contributed by atoms with Crippen LogP contribution in [0.4, 0.5) is 0 Å². The minimum absolute atomic E-state index is 0.0471. The SMILES string of the molecule is O=C1C(c2ccccc2)CCCCCCCCCC1c1ccccc1. The van der Waals surface area contributed by atoms with Crippen LogP contribution in [0.2, 0.25) is 0 Å². The Hall–Kier alpha value is -1.89. The Bertz CT molecular complexity index is 576. The number of carbonyl (C=O) groups is 1. The highest BCUT2D eigenvalue weighted by atomic mass is 16.1. The lowest BCUT2D eigenvalue weighted by Crippen LogP contribution is -2.21. The van der Waals surface area contributed by atoms with Crippen LogP contribution in [0.25, 0.3) is 0 Å². The van der Waals surface area contributed by atoms with Gasteiger partial charge in [0.1, 0.15) is 5.78 Å². The summed E-state index contributed by atoms with van der Waals surface area (Å²) in [7, 11) is 0. The minimum Gasteiger partial charge on any atom is -0.298 e. The van der Waals surface area contributed by atoms with Crippen LogP contribution in [0.15, 0.2) is 60.7 Å². The van der Waals surface area contributed by atoms with Crippen LogP contribution in [0.3, 0.4) is 0 Å². The maximum absolute atomic E-state index is 13.6. The second-order valence-electron chi connectivity index (χ2n) is 7.38. The third-order valence-electron chi connectivity index (χ3n) is 5.58. The molecule has 3 rings (SSSR count). The van der Waals surface area contributed by atoms with E-state index in [4.69, 9.17) is 0 Å². The van der Waals surface area contributed by atoms with Crippen molar-refractivity contribution in [2.45, 2.75) is 69.6 Å². The van der Waals surface area contributed by atoms with Gasteiger partial charge in [0.25, 0.3) is 0 Å². The van der Waals surface area contributed by atoms with Crippen LogP contribution in [0, 0.1) is 0 Å². The summed E-state index contributed by atoms with van der Waals surface area (Å²) in [5.41, 5.74) is 2.40. The summed E-state index contributed by atoms with van der Waals surface area (Å²) in [4.78, 5) is 13.6. The number of hydrogen-bond acceptors (Lipinski definition) is 1. The average molecular weight is 335 g/mol. The number of hydrogen-bond donors (Lipinski definition) is 0.